The van der Waals surface area contributed by atoms with Crippen LogP contribution in [0.4, 0.5) is 0 Å². The highest BCUT2D eigenvalue weighted by atomic mass is 32.2. The standard InChI is InChI=1S/C16H17N6O.C7H8O3S/c1-21-15(11-22-9-3-2-4-16(21)22)14-7-5-13(6-8-14)10-17-18-12-19-20-23;1-6-2-4-7(5-3-6)11(8,9)10/h2-12,20,23H,1H3,(H,18,19);2-5H,1H3,(H,8,9,10)/q+1;/p-1. The third-order valence-corrected chi connectivity index (χ3v) is 5.67. The number of hydrazone groups is 2. The zero-order valence-electron chi connectivity index (χ0n) is 18.5. The maximum atomic E-state index is 10.4. The van der Waals surface area contributed by atoms with Crippen molar-refractivity contribution in [1.29, 1.82) is 0 Å². The molecule has 0 saturated carbocycles. The van der Waals surface area contributed by atoms with E-state index in [2.05, 4.69) is 56.0 Å². The number of aromatic nitrogens is 2. The second-order valence-corrected chi connectivity index (χ2v) is 8.55. The fraction of sp³-hybridized carbons (Fsp3) is 0.0870. The summed E-state index contributed by atoms with van der Waals surface area (Å²) in [5.74, 6) is 0. The number of nitrogens with zero attached hydrogens (tertiary/aromatic N) is 4. The zero-order valence-corrected chi connectivity index (χ0v) is 19.3. The first kappa shape index (κ1) is 24.6. The highest BCUT2D eigenvalue weighted by Gasteiger charge is 2.14. The first-order valence-electron chi connectivity index (χ1n) is 10.1. The van der Waals surface area contributed by atoms with Crippen LogP contribution in [0.1, 0.15) is 11.1 Å². The zero-order chi connectivity index (χ0) is 24.6. The van der Waals surface area contributed by atoms with Gasteiger partial charge < -0.3 is 4.55 Å². The van der Waals surface area contributed by atoms with Gasteiger partial charge in [0.15, 0.2) is 5.69 Å². The molecular formula is C23H24N6O4S. The summed E-state index contributed by atoms with van der Waals surface area (Å²) in [6.07, 6.45) is 7.05. The summed E-state index contributed by atoms with van der Waals surface area (Å²) in [4.78, 5) is -0.178. The van der Waals surface area contributed by atoms with Gasteiger partial charge in [0.25, 0.3) is 5.65 Å². The molecule has 0 spiro atoms. The van der Waals surface area contributed by atoms with Gasteiger partial charge in [-0.1, -0.05) is 35.9 Å². The van der Waals surface area contributed by atoms with Crippen LogP contribution >= 0.6 is 0 Å². The van der Waals surface area contributed by atoms with E-state index in [0.29, 0.717) is 0 Å². The van der Waals surface area contributed by atoms with Crippen molar-refractivity contribution in [3.8, 4) is 11.3 Å². The first-order valence-corrected chi connectivity index (χ1v) is 11.5. The molecule has 176 valence electrons. The average Bonchev–Trinajstić information content (AvgIpc) is 3.16. The van der Waals surface area contributed by atoms with Crippen molar-refractivity contribution in [1.82, 2.24) is 15.6 Å². The van der Waals surface area contributed by atoms with Crippen molar-refractivity contribution in [3.05, 3.63) is 90.3 Å². The van der Waals surface area contributed by atoms with Crippen LogP contribution in [0.2, 0.25) is 0 Å². The maximum absolute atomic E-state index is 10.4. The van der Waals surface area contributed by atoms with E-state index in [9.17, 15) is 13.0 Å². The number of hydrogen-bond donors (Lipinski definition) is 3. The Labute approximate surface area is 197 Å². The highest BCUT2D eigenvalue weighted by Crippen LogP contribution is 2.19. The van der Waals surface area contributed by atoms with Crippen LogP contribution in [0.3, 0.4) is 0 Å². The molecule has 0 fully saturated rings. The molecule has 10 nitrogen and oxygen atoms in total. The van der Waals surface area contributed by atoms with Crippen molar-refractivity contribution in [2.75, 3.05) is 0 Å². The van der Waals surface area contributed by atoms with Crippen LogP contribution < -0.4 is 15.4 Å². The molecule has 34 heavy (non-hydrogen) atoms. The van der Waals surface area contributed by atoms with E-state index in [1.807, 2.05) is 37.4 Å². The number of imidazole rings is 1. The number of rotatable bonds is 6. The normalized spacial score (nSPS) is 11.5. The molecule has 2 heterocycles. The molecule has 0 bridgehead atoms. The molecule has 3 N–H and O–H groups in total. The number of benzene rings is 2. The molecule has 0 amide bonds. The third kappa shape index (κ3) is 6.48. The minimum Gasteiger partial charge on any atom is -0.744 e. The van der Waals surface area contributed by atoms with Gasteiger partial charge in [0.1, 0.15) is 22.7 Å². The van der Waals surface area contributed by atoms with Gasteiger partial charge in [-0.15, -0.1) is 5.10 Å². The molecule has 2 aromatic heterocycles. The summed E-state index contributed by atoms with van der Waals surface area (Å²) in [5.41, 5.74) is 9.48. The van der Waals surface area contributed by atoms with Crippen LogP contribution in [0.5, 0.6) is 0 Å². The lowest BCUT2D eigenvalue weighted by molar-refractivity contribution is -0.510. The van der Waals surface area contributed by atoms with Crippen LogP contribution in [-0.4, -0.2) is 35.3 Å². The Morgan fingerprint density at radius 2 is 1.74 bits per heavy atom. The van der Waals surface area contributed by atoms with Crippen LogP contribution in [0.25, 0.3) is 16.9 Å². The summed E-state index contributed by atoms with van der Waals surface area (Å²) in [5, 5.41) is 15.5. The molecule has 0 aliphatic rings. The van der Waals surface area contributed by atoms with Gasteiger partial charge in [0.2, 0.25) is 0 Å². The minimum absolute atomic E-state index is 0.178. The molecule has 0 unspecified atom stereocenters. The van der Waals surface area contributed by atoms with Gasteiger partial charge in [-0.05, 0) is 42.8 Å². The predicted molar refractivity (Wildman–Crippen MR) is 127 cm³/mol. The molecule has 0 radical (unpaired) electrons. The van der Waals surface area contributed by atoms with Gasteiger partial charge in [0.05, 0.1) is 24.4 Å². The quantitative estimate of drug-likeness (QED) is 0.127. The van der Waals surface area contributed by atoms with E-state index in [0.717, 1.165) is 28.0 Å². The molecule has 4 rings (SSSR count). The van der Waals surface area contributed by atoms with Crippen molar-refractivity contribution >= 4 is 28.3 Å². The maximum Gasteiger partial charge on any atom is 0.286 e. The number of fused-ring (bicyclic) bond motifs is 1. The molecule has 11 heteroatoms. The van der Waals surface area contributed by atoms with Crippen LogP contribution in [-0.2, 0) is 17.2 Å². The van der Waals surface area contributed by atoms with E-state index in [1.165, 1.54) is 18.5 Å². The average molecular weight is 481 g/mol. The monoisotopic (exact) mass is 480 g/mol. The lowest BCUT2D eigenvalue weighted by atomic mass is 10.1. The Morgan fingerprint density at radius 3 is 2.35 bits per heavy atom. The van der Waals surface area contributed by atoms with Gasteiger partial charge in [-0.2, -0.15) is 10.7 Å². The summed E-state index contributed by atoms with van der Waals surface area (Å²) < 4.78 is 35.4. The highest BCUT2D eigenvalue weighted by molar-refractivity contribution is 7.85. The summed E-state index contributed by atoms with van der Waals surface area (Å²) >= 11 is 0. The van der Waals surface area contributed by atoms with Crippen LogP contribution in [0, 0.1) is 6.92 Å². The minimum atomic E-state index is -4.27. The lowest BCUT2D eigenvalue weighted by Crippen LogP contribution is -2.17. The Bertz CT molecular complexity index is 1400. The van der Waals surface area contributed by atoms with Gasteiger partial charge in [-0.25, -0.2) is 17.4 Å². The fourth-order valence-corrected chi connectivity index (χ4v) is 3.57. The van der Waals surface area contributed by atoms with Gasteiger partial charge >= 0.3 is 0 Å². The molecule has 0 saturated heterocycles. The van der Waals surface area contributed by atoms with E-state index in [1.54, 1.807) is 23.9 Å². The van der Waals surface area contributed by atoms with Crippen molar-refractivity contribution in [2.24, 2.45) is 17.3 Å². The number of nitrogens with one attached hydrogen (secondary N) is 2. The van der Waals surface area contributed by atoms with Gasteiger partial charge in [0, 0.05) is 11.6 Å². The predicted octanol–water partition coefficient (Wildman–Crippen LogP) is 2.18. The lowest BCUT2D eigenvalue weighted by Gasteiger charge is -2.05. The number of aryl methyl sites for hydroxylation is 2. The fourth-order valence-electron chi connectivity index (χ4n) is 3.10. The van der Waals surface area contributed by atoms with Crippen molar-refractivity contribution in [2.45, 2.75) is 11.8 Å². The third-order valence-electron chi connectivity index (χ3n) is 4.82. The molecule has 0 aliphatic carbocycles. The second-order valence-electron chi connectivity index (χ2n) is 7.17. The Kier molecular flexibility index (Phi) is 8.09. The van der Waals surface area contributed by atoms with E-state index >= 15 is 0 Å². The number of hydrogen-bond acceptors (Lipinski definition) is 7. The SMILES string of the molecule is Cc1ccc(S(=O)(=O)[O-])cc1.Cn1c(-c2ccc(C=NNC=NNO)cc2)c[n+]2ccccc12. The van der Waals surface area contributed by atoms with Gasteiger partial charge in [-0.3, -0.25) is 10.6 Å². The van der Waals surface area contributed by atoms with E-state index in [-0.39, 0.29) is 4.90 Å². The Hall–Kier alpha value is -4.06. The first-order chi connectivity index (χ1) is 16.3. The van der Waals surface area contributed by atoms with Crippen molar-refractivity contribution < 1.29 is 22.6 Å². The largest absolute Gasteiger partial charge is 0.744 e. The molecular weight excluding hydrogens is 456 g/mol. The van der Waals surface area contributed by atoms with Crippen molar-refractivity contribution in [3.63, 3.8) is 0 Å². The summed E-state index contributed by atoms with van der Waals surface area (Å²) in [7, 11) is -2.22. The topological polar surface area (TPSA) is 135 Å². The van der Waals surface area contributed by atoms with E-state index in [4.69, 9.17) is 5.21 Å². The van der Waals surface area contributed by atoms with Crippen LogP contribution in [0.15, 0.2) is 94.2 Å². The number of pyridine rings is 1. The Morgan fingerprint density at radius 1 is 1.03 bits per heavy atom. The second kappa shape index (κ2) is 11.2. The Balaban J connectivity index is 0.000000248. The molecule has 0 atom stereocenters. The smallest absolute Gasteiger partial charge is 0.286 e. The molecule has 0 aliphatic heterocycles. The van der Waals surface area contributed by atoms with E-state index < -0.39 is 10.1 Å². The summed E-state index contributed by atoms with van der Waals surface area (Å²) in [6, 6.07) is 20.0. The summed E-state index contributed by atoms with van der Waals surface area (Å²) in [6.45, 7) is 1.82. The molecule has 2 aromatic carbocycles. The molecule has 4 aromatic rings.